The highest BCUT2D eigenvalue weighted by molar-refractivity contribution is 6.07. The van der Waals surface area contributed by atoms with Crippen LogP contribution in [0.1, 0.15) is 44.2 Å². The number of hydrogen-bond donors (Lipinski definition) is 0. The SMILES string of the molecule is CCC12CCC(=O)C(C)=C1c1ccc3nn(C)cc3c1C2. The van der Waals surface area contributed by atoms with Crippen LogP contribution in [0.5, 0.6) is 0 Å². The van der Waals surface area contributed by atoms with Crippen LogP contribution in [-0.2, 0) is 18.3 Å². The molecule has 0 fully saturated rings. The summed E-state index contributed by atoms with van der Waals surface area (Å²) in [5, 5.41) is 5.78. The number of rotatable bonds is 1. The van der Waals surface area contributed by atoms with Crippen molar-refractivity contribution < 1.29 is 4.79 Å². The number of nitrogens with zero attached hydrogens (tertiary/aromatic N) is 2. The summed E-state index contributed by atoms with van der Waals surface area (Å²) in [4.78, 5) is 12.2. The van der Waals surface area contributed by atoms with Crippen LogP contribution in [0.15, 0.2) is 23.9 Å². The van der Waals surface area contributed by atoms with Gasteiger partial charge in [-0.1, -0.05) is 13.0 Å². The molecule has 3 heteroatoms. The molecule has 1 aromatic carbocycles. The van der Waals surface area contributed by atoms with Crippen molar-refractivity contribution in [3.8, 4) is 0 Å². The van der Waals surface area contributed by atoms with E-state index >= 15 is 0 Å². The summed E-state index contributed by atoms with van der Waals surface area (Å²) < 4.78 is 1.89. The lowest BCUT2D eigenvalue weighted by molar-refractivity contribution is -0.116. The lowest BCUT2D eigenvalue weighted by Crippen LogP contribution is -2.27. The molecular formula is C18H20N2O. The van der Waals surface area contributed by atoms with Gasteiger partial charge in [0.25, 0.3) is 0 Å². The predicted molar refractivity (Wildman–Crippen MR) is 84.0 cm³/mol. The summed E-state index contributed by atoms with van der Waals surface area (Å²) in [5.74, 6) is 0.327. The minimum Gasteiger partial charge on any atom is -0.295 e. The highest BCUT2D eigenvalue weighted by atomic mass is 16.1. The normalized spacial score (nSPS) is 24.6. The van der Waals surface area contributed by atoms with Gasteiger partial charge in [-0.2, -0.15) is 5.10 Å². The van der Waals surface area contributed by atoms with Crippen LogP contribution in [0, 0.1) is 5.41 Å². The largest absolute Gasteiger partial charge is 0.295 e. The fourth-order valence-electron chi connectivity index (χ4n) is 4.38. The molecule has 0 aliphatic heterocycles. The van der Waals surface area contributed by atoms with Gasteiger partial charge in [-0.3, -0.25) is 9.48 Å². The highest BCUT2D eigenvalue weighted by Crippen LogP contribution is 2.56. The van der Waals surface area contributed by atoms with Gasteiger partial charge in [0, 0.05) is 30.5 Å². The molecule has 4 rings (SSSR count). The molecule has 2 aromatic rings. The first kappa shape index (κ1) is 12.8. The monoisotopic (exact) mass is 280 g/mol. The topological polar surface area (TPSA) is 34.9 Å². The van der Waals surface area contributed by atoms with Gasteiger partial charge in [-0.05, 0) is 54.5 Å². The van der Waals surface area contributed by atoms with E-state index in [2.05, 4.69) is 30.4 Å². The molecule has 0 saturated heterocycles. The Hall–Kier alpha value is -1.90. The molecule has 0 N–H and O–H groups in total. The van der Waals surface area contributed by atoms with Gasteiger partial charge < -0.3 is 0 Å². The highest BCUT2D eigenvalue weighted by Gasteiger charge is 2.45. The van der Waals surface area contributed by atoms with Crippen LogP contribution in [0.4, 0.5) is 0 Å². The summed E-state index contributed by atoms with van der Waals surface area (Å²) in [6.07, 6.45) is 5.97. The molecule has 0 saturated carbocycles. The standard InChI is InChI=1S/C18H20N2O/c1-4-18-8-7-16(21)11(2)17(18)12-5-6-15-14(13(12)9-18)10-20(3)19-15/h5-6,10H,4,7-9H2,1-3H3. The summed E-state index contributed by atoms with van der Waals surface area (Å²) in [6, 6.07) is 4.28. The van der Waals surface area contributed by atoms with Crippen molar-refractivity contribution in [3.63, 3.8) is 0 Å². The third-order valence-electron chi connectivity index (χ3n) is 5.53. The van der Waals surface area contributed by atoms with E-state index in [4.69, 9.17) is 0 Å². The van der Waals surface area contributed by atoms with Crippen LogP contribution < -0.4 is 0 Å². The molecule has 3 nitrogen and oxygen atoms in total. The molecular weight excluding hydrogens is 260 g/mol. The smallest absolute Gasteiger partial charge is 0.158 e. The van der Waals surface area contributed by atoms with Crippen molar-refractivity contribution in [1.29, 1.82) is 0 Å². The Morgan fingerprint density at radius 3 is 2.95 bits per heavy atom. The number of allylic oxidation sites excluding steroid dienone is 2. The second kappa shape index (κ2) is 4.06. The van der Waals surface area contributed by atoms with Crippen molar-refractivity contribution in [3.05, 3.63) is 35.0 Å². The molecule has 2 aliphatic carbocycles. The van der Waals surface area contributed by atoms with Crippen LogP contribution in [0.25, 0.3) is 16.5 Å². The van der Waals surface area contributed by atoms with E-state index in [-0.39, 0.29) is 5.41 Å². The van der Waals surface area contributed by atoms with Gasteiger partial charge in [-0.15, -0.1) is 0 Å². The van der Waals surface area contributed by atoms with Gasteiger partial charge in [0.05, 0.1) is 5.52 Å². The second-order valence-corrected chi connectivity index (χ2v) is 6.56. The summed E-state index contributed by atoms with van der Waals surface area (Å²) >= 11 is 0. The Balaban J connectivity index is 2.06. The molecule has 1 unspecified atom stereocenters. The lowest BCUT2D eigenvalue weighted by Gasteiger charge is -2.34. The van der Waals surface area contributed by atoms with Crippen molar-refractivity contribution in [2.45, 2.75) is 39.5 Å². The minimum atomic E-state index is 0.171. The molecule has 0 bridgehead atoms. The number of carbonyl (C=O) groups excluding carboxylic acids is 1. The van der Waals surface area contributed by atoms with E-state index in [0.29, 0.717) is 12.2 Å². The zero-order valence-electron chi connectivity index (χ0n) is 12.9. The maximum Gasteiger partial charge on any atom is 0.158 e. The van der Waals surface area contributed by atoms with Crippen LogP contribution in [0.3, 0.4) is 0 Å². The molecule has 1 aromatic heterocycles. The number of ketones is 1. The first-order valence-corrected chi connectivity index (χ1v) is 7.76. The van der Waals surface area contributed by atoms with E-state index in [1.54, 1.807) is 0 Å². The van der Waals surface area contributed by atoms with Crippen molar-refractivity contribution in [1.82, 2.24) is 9.78 Å². The number of carbonyl (C=O) groups is 1. The average molecular weight is 280 g/mol. The summed E-state index contributed by atoms with van der Waals surface area (Å²) in [5.41, 5.74) is 6.23. The van der Waals surface area contributed by atoms with Gasteiger partial charge >= 0.3 is 0 Å². The van der Waals surface area contributed by atoms with Crippen LogP contribution in [0.2, 0.25) is 0 Å². The van der Waals surface area contributed by atoms with Gasteiger partial charge in [-0.25, -0.2) is 0 Å². The second-order valence-electron chi connectivity index (χ2n) is 6.56. The fourth-order valence-corrected chi connectivity index (χ4v) is 4.38. The quantitative estimate of drug-likeness (QED) is 0.799. The molecule has 1 atom stereocenters. The lowest BCUT2D eigenvalue weighted by atomic mass is 9.68. The van der Waals surface area contributed by atoms with E-state index in [1.807, 2.05) is 18.7 Å². The predicted octanol–water partition coefficient (Wildman–Crippen LogP) is 3.66. The number of aryl methyl sites for hydroxylation is 1. The van der Waals surface area contributed by atoms with E-state index in [9.17, 15) is 4.79 Å². The average Bonchev–Trinajstić information content (AvgIpc) is 3.00. The number of aromatic nitrogens is 2. The van der Waals surface area contributed by atoms with Crippen LogP contribution in [-0.4, -0.2) is 15.6 Å². The molecule has 1 heterocycles. The fraction of sp³-hybridized carbons (Fsp3) is 0.444. The van der Waals surface area contributed by atoms with Crippen LogP contribution >= 0.6 is 0 Å². The van der Waals surface area contributed by atoms with Gasteiger partial charge in [0.1, 0.15) is 0 Å². The number of fused-ring (bicyclic) bond motifs is 5. The minimum absolute atomic E-state index is 0.171. The molecule has 108 valence electrons. The van der Waals surface area contributed by atoms with Gasteiger partial charge in [0.15, 0.2) is 5.78 Å². The molecule has 0 spiro atoms. The van der Waals surface area contributed by atoms with E-state index in [0.717, 1.165) is 30.4 Å². The van der Waals surface area contributed by atoms with Crippen molar-refractivity contribution in [2.75, 3.05) is 0 Å². The third kappa shape index (κ3) is 1.55. The van der Waals surface area contributed by atoms with Crippen molar-refractivity contribution >= 4 is 22.3 Å². The molecule has 21 heavy (non-hydrogen) atoms. The molecule has 0 amide bonds. The van der Waals surface area contributed by atoms with E-state index in [1.165, 1.54) is 22.1 Å². The number of Topliss-reactive ketones (excluding diaryl/α,β-unsaturated/α-hetero) is 1. The zero-order valence-corrected chi connectivity index (χ0v) is 12.9. The Kier molecular flexibility index (Phi) is 2.48. The van der Waals surface area contributed by atoms with Crippen molar-refractivity contribution in [2.24, 2.45) is 12.5 Å². The Morgan fingerprint density at radius 1 is 1.38 bits per heavy atom. The summed E-state index contributed by atoms with van der Waals surface area (Å²) in [6.45, 7) is 4.28. The van der Waals surface area contributed by atoms with E-state index < -0.39 is 0 Å². The zero-order chi connectivity index (χ0) is 14.8. The molecule has 0 radical (unpaired) electrons. The Bertz CT molecular complexity index is 812. The summed E-state index contributed by atoms with van der Waals surface area (Å²) in [7, 11) is 1.97. The number of benzene rings is 1. The third-order valence-corrected chi connectivity index (χ3v) is 5.53. The first-order valence-electron chi connectivity index (χ1n) is 7.76. The first-order chi connectivity index (χ1) is 10.1. The number of hydrogen-bond acceptors (Lipinski definition) is 2. The Labute approximate surface area is 124 Å². The maximum atomic E-state index is 12.2. The molecule has 2 aliphatic rings. The Morgan fingerprint density at radius 2 is 2.19 bits per heavy atom. The maximum absolute atomic E-state index is 12.2. The van der Waals surface area contributed by atoms with Gasteiger partial charge in [0.2, 0.25) is 0 Å².